The average molecular weight is 423 g/mol. The zero-order valence-electron chi connectivity index (χ0n) is 14.1. The molecule has 1 amide bonds. The molecule has 0 aliphatic carbocycles. The highest BCUT2D eigenvalue weighted by atomic mass is 32.2. The smallest absolute Gasteiger partial charge is 0.422 e. The van der Waals surface area contributed by atoms with Crippen LogP contribution >= 0.6 is 11.3 Å². The maximum atomic E-state index is 12.3. The van der Waals surface area contributed by atoms with Crippen molar-refractivity contribution in [3.63, 3.8) is 0 Å². The second-order valence-electron chi connectivity index (χ2n) is 5.34. The number of hydrogen-bond acceptors (Lipinski definition) is 6. The van der Waals surface area contributed by atoms with Crippen molar-refractivity contribution in [2.75, 3.05) is 20.2 Å². The molecule has 0 aliphatic rings. The lowest BCUT2D eigenvalue weighted by atomic mass is 10.2. The molecule has 1 N–H and O–H groups in total. The van der Waals surface area contributed by atoms with Gasteiger partial charge in [0, 0.05) is 25.4 Å². The van der Waals surface area contributed by atoms with Crippen molar-refractivity contribution < 1.29 is 31.1 Å². The molecular formula is C15H16F3N3O4S2. The van der Waals surface area contributed by atoms with E-state index in [4.69, 9.17) is 0 Å². The molecule has 0 radical (unpaired) electrons. The Labute approximate surface area is 157 Å². The zero-order chi connectivity index (χ0) is 20.1. The van der Waals surface area contributed by atoms with Gasteiger partial charge >= 0.3 is 6.18 Å². The first kappa shape index (κ1) is 21.1. The van der Waals surface area contributed by atoms with Crippen LogP contribution in [0, 0.1) is 0 Å². The maximum absolute atomic E-state index is 12.3. The summed E-state index contributed by atoms with van der Waals surface area (Å²) in [5.41, 5.74) is 0.235. The molecule has 2 heterocycles. The van der Waals surface area contributed by atoms with Crippen molar-refractivity contribution in [2.45, 2.75) is 16.9 Å². The van der Waals surface area contributed by atoms with Crippen LogP contribution in [0.5, 0.6) is 5.88 Å². The van der Waals surface area contributed by atoms with Gasteiger partial charge in [0.05, 0.1) is 6.54 Å². The summed E-state index contributed by atoms with van der Waals surface area (Å²) in [6.45, 7) is -2.11. The standard InChI is InChI=1S/C15H16F3N3O4S2/c1-21(27(23,24)13-5-3-7-26-13)9-12(22)20-8-11-4-2-6-19-14(11)25-10-15(16,17)18/h2-7H,8-10H2,1H3,(H,20,22). The van der Waals surface area contributed by atoms with Gasteiger partial charge in [-0.1, -0.05) is 12.1 Å². The van der Waals surface area contributed by atoms with Crippen LogP contribution in [-0.4, -0.2) is 50.0 Å². The highest BCUT2D eigenvalue weighted by molar-refractivity contribution is 7.91. The third-order valence-electron chi connectivity index (χ3n) is 3.22. The Bertz CT molecular complexity index is 871. The van der Waals surface area contributed by atoms with E-state index < -0.39 is 35.3 Å². The zero-order valence-corrected chi connectivity index (χ0v) is 15.7. The molecule has 0 atom stereocenters. The quantitative estimate of drug-likeness (QED) is 0.702. The molecule has 0 saturated heterocycles. The summed E-state index contributed by atoms with van der Waals surface area (Å²) in [6, 6.07) is 5.94. The topological polar surface area (TPSA) is 88.6 Å². The number of nitrogens with zero attached hydrogens (tertiary/aromatic N) is 2. The average Bonchev–Trinajstić information content (AvgIpc) is 3.13. The van der Waals surface area contributed by atoms with E-state index in [0.29, 0.717) is 0 Å². The lowest BCUT2D eigenvalue weighted by Crippen LogP contribution is -2.37. The van der Waals surface area contributed by atoms with Gasteiger partial charge in [-0.15, -0.1) is 11.3 Å². The highest BCUT2D eigenvalue weighted by Gasteiger charge is 2.29. The number of alkyl halides is 3. The van der Waals surface area contributed by atoms with Crippen LogP contribution in [0.25, 0.3) is 0 Å². The fraction of sp³-hybridized carbons (Fsp3) is 0.333. The Morgan fingerprint density at radius 2 is 2.07 bits per heavy atom. The van der Waals surface area contributed by atoms with Crippen LogP contribution in [-0.2, 0) is 21.4 Å². The number of carbonyl (C=O) groups is 1. The van der Waals surface area contributed by atoms with Crippen LogP contribution in [0.2, 0.25) is 0 Å². The van der Waals surface area contributed by atoms with Crippen molar-refractivity contribution in [1.29, 1.82) is 0 Å². The first-order valence-electron chi connectivity index (χ1n) is 7.49. The van der Waals surface area contributed by atoms with Crippen LogP contribution in [0.3, 0.4) is 0 Å². The Kier molecular flexibility index (Phi) is 6.78. The number of ether oxygens (including phenoxy) is 1. The van der Waals surface area contributed by atoms with Crippen molar-refractivity contribution in [1.82, 2.24) is 14.6 Å². The van der Waals surface area contributed by atoms with Crippen LogP contribution < -0.4 is 10.1 Å². The molecule has 0 bridgehead atoms. The number of rotatable bonds is 8. The minimum Gasteiger partial charge on any atom is -0.468 e. The number of carbonyl (C=O) groups excluding carboxylic acids is 1. The molecule has 0 unspecified atom stereocenters. The van der Waals surface area contributed by atoms with Gasteiger partial charge in [-0.05, 0) is 17.5 Å². The van der Waals surface area contributed by atoms with E-state index in [1.54, 1.807) is 11.4 Å². The Balaban J connectivity index is 1.94. The molecule has 0 fully saturated rings. The first-order chi connectivity index (χ1) is 12.6. The summed E-state index contributed by atoms with van der Waals surface area (Å²) in [5.74, 6) is -0.877. The second-order valence-corrected chi connectivity index (χ2v) is 8.56. The number of hydrogen-bond donors (Lipinski definition) is 1. The van der Waals surface area contributed by atoms with Gasteiger partial charge in [-0.2, -0.15) is 17.5 Å². The van der Waals surface area contributed by atoms with E-state index in [1.165, 1.54) is 31.4 Å². The molecule has 27 heavy (non-hydrogen) atoms. The summed E-state index contributed by atoms with van der Waals surface area (Å²) in [6.07, 6.45) is -3.25. The Morgan fingerprint density at radius 3 is 2.70 bits per heavy atom. The molecule has 2 aromatic rings. The van der Waals surface area contributed by atoms with Crippen LogP contribution in [0.1, 0.15) is 5.56 Å². The second kappa shape index (κ2) is 8.67. The third-order valence-corrected chi connectivity index (χ3v) is 6.40. The number of nitrogens with one attached hydrogen (secondary N) is 1. The van der Waals surface area contributed by atoms with Gasteiger partial charge in [-0.3, -0.25) is 4.79 Å². The number of halogens is 3. The van der Waals surface area contributed by atoms with E-state index in [-0.39, 0.29) is 22.2 Å². The summed E-state index contributed by atoms with van der Waals surface area (Å²) in [4.78, 5) is 15.7. The van der Waals surface area contributed by atoms with Crippen molar-refractivity contribution in [2.24, 2.45) is 0 Å². The monoisotopic (exact) mass is 423 g/mol. The minimum absolute atomic E-state index is 0.105. The Hall–Kier alpha value is -2.18. The van der Waals surface area contributed by atoms with Gasteiger partial charge in [0.1, 0.15) is 4.21 Å². The SMILES string of the molecule is CN(CC(=O)NCc1cccnc1OCC(F)(F)F)S(=O)(=O)c1cccs1. The first-order valence-corrected chi connectivity index (χ1v) is 9.81. The lowest BCUT2D eigenvalue weighted by Gasteiger charge is -2.16. The molecule has 2 rings (SSSR count). The summed E-state index contributed by atoms with van der Waals surface area (Å²) < 4.78 is 67.0. The molecule has 0 aliphatic heterocycles. The highest BCUT2D eigenvalue weighted by Crippen LogP contribution is 2.21. The number of sulfonamides is 1. The molecule has 0 saturated carbocycles. The summed E-state index contributed by atoms with van der Waals surface area (Å²) in [5, 5.41) is 4.04. The minimum atomic E-state index is -4.52. The van der Waals surface area contributed by atoms with E-state index >= 15 is 0 Å². The van der Waals surface area contributed by atoms with Crippen LogP contribution in [0.15, 0.2) is 40.1 Å². The molecule has 0 spiro atoms. The van der Waals surface area contributed by atoms with Crippen molar-refractivity contribution in [3.05, 3.63) is 41.4 Å². The number of pyridine rings is 1. The molecule has 148 valence electrons. The fourth-order valence-corrected chi connectivity index (χ4v) is 4.27. The summed E-state index contributed by atoms with van der Waals surface area (Å²) >= 11 is 1.03. The van der Waals surface area contributed by atoms with Gasteiger partial charge < -0.3 is 10.1 Å². The largest absolute Gasteiger partial charge is 0.468 e. The molecule has 2 aromatic heterocycles. The van der Waals surface area contributed by atoms with E-state index in [9.17, 15) is 26.4 Å². The van der Waals surface area contributed by atoms with Crippen molar-refractivity contribution >= 4 is 27.3 Å². The Morgan fingerprint density at radius 1 is 1.33 bits per heavy atom. The predicted molar refractivity (Wildman–Crippen MR) is 91.8 cm³/mol. The third kappa shape index (κ3) is 6.19. The van der Waals surface area contributed by atoms with E-state index in [2.05, 4.69) is 15.0 Å². The number of aromatic nitrogens is 1. The van der Waals surface area contributed by atoms with E-state index in [1.807, 2.05) is 0 Å². The lowest BCUT2D eigenvalue weighted by molar-refractivity contribution is -0.154. The fourth-order valence-electron chi connectivity index (χ4n) is 1.94. The van der Waals surface area contributed by atoms with Crippen LogP contribution in [0.4, 0.5) is 13.2 Å². The number of likely N-dealkylation sites (N-methyl/N-ethyl adjacent to an activating group) is 1. The van der Waals surface area contributed by atoms with Gasteiger partial charge in [-0.25, -0.2) is 13.4 Å². The van der Waals surface area contributed by atoms with Crippen molar-refractivity contribution in [3.8, 4) is 5.88 Å². The molecule has 12 heteroatoms. The molecule has 0 aromatic carbocycles. The molecular weight excluding hydrogens is 407 g/mol. The molecule has 7 nitrogen and oxygen atoms in total. The maximum Gasteiger partial charge on any atom is 0.422 e. The van der Waals surface area contributed by atoms with E-state index in [0.717, 1.165) is 15.6 Å². The van der Waals surface area contributed by atoms with Gasteiger partial charge in [0.2, 0.25) is 11.8 Å². The number of amides is 1. The van der Waals surface area contributed by atoms with Gasteiger partial charge in [0.25, 0.3) is 10.0 Å². The summed E-state index contributed by atoms with van der Waals surface area (Å²) in [7, 11) is -2.52. The number of thiophene rings is 1. The predicted octanol–water partition coefficient (Wildman–Crippen LogP) is 2.02. The van der Waals surface area contributed by atoms with Gasteiger partial charge in [0.15, 0.2) is 6.61 Å². The normalized spacial score (nSPS) is 12.2.